The molecule has 0 spiro atoms. The van der Waals surface area contributed by atoms with Gasteiger partial charge in [0.05, 0.1) is 6.54 Å². The molecule has 0 aliphatic rings. The number of rotatable bonds is 4. The molecular weight excluding hydrogens is 400 g/mol. The first-order valence-corrected chi connectivity index (χ1v) is 8.99. The minimum Gasteiger partial charge on any atom is -0.494 e. The summed E-state index contributed by atoms with van der Waals surface area (Å²) in [6.07, 6.45) is -1.66. The van der Waals surface area contributed by atoms with E-state index in [0.29, 0.717) is 27.5 Å². The summed E-state index contributed by atoms with van der Waals surface area (Å²) in [6, 6.07) is 12.2. The molecule has 0 saturated heterocycles. The average molecular weight is 416 g/mol. The molecule has 0 unspecified atom stereocenters. The highest BCUT2D eigenvalue weighted by Crippen LogP contribution is 2.35. The normalized spacial score (nSPS) is 11.8. The zero-order valence-electron chi connectivity index (χ0n) is 15.7. The van der Waals surface area contributed by atoms with Gasteiger partial charge in [-0.25, -0.2) is 4.98 Å². The van der Waals surface area contributed by atoms with Gasteiger partial charge in [-0.3, -0.25) is 0 Å². The third kappa shape index (κ3) is 3.94. The fraction of sp³-hybridized carbons (Fsp3) is 0.136. The molecule has 30 heavy (non-hydrogen) atoms. The Balaban J connectivity index is 1.66. The van der Waals surface area contributed by atoms with Crippen molar-refractivity contribution >= 4 is 10.8 Å². The lowest BCUT2D eigenvalue weighted by molar-refractivity contribution is -0.274. The summed E-state index contributed by atoms with van der Waals surface area (Å²) in [5, 5.41) is 12.0. The molecule has 0 amide bonds. The fourth-order valence-electron chi connectivity index (χ4n) is 3.46. The van der Waals surface area contributed by atoms with Gasteiger partial charge in [-0.15, -0.1) is 13.2 Å². The van der Waals surface area contributed by atoms with Gasteiger partial charge in [0, 0.05) is 28.7 Å². The molecule has 0 radical (unpaired) electrons. The van der Waals surface area contributed by atoms with Crippen LogP contribution in [0.1, 0.15) is 11.1 Å². The van der Waals surface area contributed by atoms with Crippen molar-refractivity contribution in [3.05, 3.63) is 78.0 Å². The molecule has 154 valence electrons. The van der Waals surface area contributed by atoms with Crippen molar-refractivity contribution in [1.29, 1.82) is 0 Å². The smallest absolute Gasteiger partial charge is 0.494 e. The highest BCUT2D eigenvalue weighted by molar-refractivity contribution is 5.94. The fourth-order valence-corrected chi connectivity index (χ4v) is 3.46. The zero-order chi connectivity index (χ0) is 21.5. The molecule has 2 aromatic heterocycles. The second-order valence-electron chi connectivity index (χ2n) is 6.87. The summed E-state index contributed by atoms with van der Waals surface area (Å²) in [5.41, 5.74) is 2.43. The van der Waals surface area contributed by atoms with E-state index in [4.69, 9.17) is 0 Å². The van der Waals surface area contributed by atoms with Crippen LogP contribution in [0.25, 0.3) is 21.9 Å². The topological polar surface area (TPSA) is 47.3 Å². The van der Waals surface area contributed by atoms with Crippen molar-refractivity contribution in [3.63, 3.8) is 0 Å². The number of aromatic nitrogens is 2. The van der Waals surface area contributed by atoms with Gasteiger partial charge in [0.25, 0.3) is 0 Å². The van der Waals surface area contributed by atoms with Crippen LogP contribution in [0.2, 0.25) is 0 Å². The number of aryl methyl sites for hydroxylation is 1. The second kappa shape index (κ2) is 7.37. The number of fused-ring (bicyclic) bond motifs is 1. The molecular formula is C22H16F4N2O2. The van der Waals surface area contributed by atoms with E-state index in [-0.39, 0.29) is 18.2 Å². The number of alkyl halides is 3. The van der Waals surface area contributed by atoms with E-state index in [0.717, 1.165) is 5.56 Å². The number of nitrogens with zero attached hydrogens (tertiary/aromatic N) is 2. The van der Waals surface area contributed by atoms with Gasteiger partial charge in [-0.05, 0) is 53.9 Å². The Labute approximate surface area is 169 Å². The van der Waals surface area contributed by atoms with Gasteiger partial charge in [-0.1, -0.05) is 18.2 Å². The number of ether oxygens (including phenoxy) is 1. The Morgan fingerprint density at radius 2 is 1.83 bits per heavy atom. The maximum atomic E-state index is 14.1. The van der Waals surface area contributed by atoms with Crippen LogP contribution < -0.4 is 4.74 Å². The van der Waals surface area contributed by atoms with Crippen LogP contribution in [0.3, 0.4) is 0 Å². The zero-order valence-corrected chi connectivity index (χ0v) is 15.7. The van der Waals surface area contributed by atoms with Crippen molar-refractivity contribution in [2.75, 3.05) is 0 Å². The van der Waals surface area contributed by atoms with Gasteiger partial charge >= 0.3 is 6.36 Å². The summed E-state index contributed by atoms with van der Waals surface area (Å²) in [7, 11) is 0. The van der Waals surface area contributed by atoms with Crippen molar-refractivity contribution in [2.45, 2.75) is 19.8 Å². The molecule has 1 N–H and O–H groups in total. The van der Waals surface area contributed by atoms with Crippen LogP contribution in [0, 0.1) is 12.9 Å². The lowest BCUT2D eigenvalue weighted by Crippen LogP contribution is -2.17. The highest BCUT2D eigenvalue weighted by atomic mass is 19.4. The van der Waals surface area contributed by atoms with Gasteiger partial charge in [-0.2, -0.15) is 4.39 Å². The summed E-state index contributed by atoms with van der Waals surface area (Å²) in [4.78, 5) is 3.67. The van der Waals surface area contributed by atoms with Crippen LogP contribution in [0.5, 0.6) is 11.6 Å². The van der Waals surface area contributed by atoms with Gasteiger partial charge in [0.1, 0.15) is 5.75 Å². The minimum atomic E-state index is -4.75. The van der Waals surface area contributed by atoms with Crippen molar-refractivity contribution in [1.82, 2.24) is 9.55 Å². The molecule has 2 aromatic carbocycles. The molecule has 0 bridgehead atoms. The molecule has 2 heterocycles. The second-order valence-corrected chi connectivity index (χ2v) is 6.87. The summed E-state index contributed by atoms with van der Waals surface area (Å²) >= 11 is 0. The van der Waals surface area contributed by atoms with E-state index < -0.39 is 12.3 Å². The van der Waals surface area contributed by atoms with Crippen LogP contribution in [0.15, 0.2) is 60.9 Å². The van der Waals surface area contributed by atoms with Crippen molar-refractivity contribution < 1.29 is 27.4 Å². The predicted octanol–water partition coefficient (Wildman–Crippen LogP) is 5.80. The monoisotopic (exact) mass is 416 g/mol. The first-order chi connectivity index (χ1) is 14.2. The standard InChI is InChI=1S/C22H16F4N2O2/c1-13-9-15(18-3-2-8-27-20(18)23)10-16-12-28(21(29)19(13)16)11-14-4-6-17(7-5-14)30-22(24,25)26/h2-10,12,29H,11H2,1H3. The largest absolute Gasteiger partial charge is 0.573 e. The maximum absolute atomic E-state index is 14.1. The number of hydrogen-bond acceptors (Lipinski definition) is 3. The molecule has 0 saturated carbocycles. The SMILES string of the molecule is Cc1cc(-c2cccnc2F)cc2cn(Cc3ccc(OC(F)(F)F)cc3)c(O)c12. The van der Waals surface area contributed by atoms with Crippen LogP contribution in [-0.4, -0.2) is 21.0 Å². The molecule has 0 fully saturated rings. The Kier molecular flexibility index (Phi) is 4.85. The van der Waals surface area contributed by atoms with E-state index in [1.54, 1.807) is 35.0 Å². The van der Waals surface area contributed by atoms with Crippen LogP contribution in [-0.2, 0) is 6.54 Å². The summed E-state index contributed by atoms with van der Waals surface area (Å²) < 4.78 is 56.4. The van der Waals surface area contributed by atoms with E-state index >= 15 is 0 Å². The number of aromatic hydroxyl groups is 1. The minimum absolute atomic E-state index is 0.0244. The molecule has 0 aliphatic heterocycles. The third-order valence-corrected chi connectivity index (χ3v) is 4.74. The quantitative estimate of drug-likeness (QED) is 0.338. The Hall–Kier alpha value is -3.55. The maximum Gasteiger partial charge on any atom is 0.573 e. The molecule has 4 rings (SSSR count). The lowest BCUT2D eigenvalue weighted by atomic mass is 10.0. The molecule has 0 atom stereocenters. The number of benzene rings is 2. The molecule has 0 aliphatic carbocycles. The van der Waals surface area contributed by atoms with E-state index in [9.17, 15) is 22.7 Å². The molecule has 4 aromatic rings. The number of hydrogen-bond donors (Lipinski definition) is 1. The van der Waals surface area contributed by atoms with Gasteiger partial charge in [0.15, 0.2) is 5.88 Å². The van der Waals surface area contributed by atoms with Crippen LogP contribution in [0.4, 0.5) is 17.6 Å². The Morgan fingerprint density at radius 1 is 1.10 bits per heavy atom. The first-order valence-electron chi connectivity index (χ1n) is 8.99. The number of halogens is 4. The van der Waals surface area contributed by atoms with Crippen LogP contribution >= 0.6 is 0 Å². The Bertz CT molecular complexity index is 1210. The van der Waals surface area contributed by atoms with E-state index in [1.165, 1.54) is 30.5 Å². The third-order valence-electron chi connectivity index (χ3n) is 4.74. The predicted molar refractivity (Wildman–Crippen MR) is 104 cm³/mol. The molecule has 4 nitrogen and oxygen atoms in total. The molecule has 8 heteroatoms. The average Bonchev–Trinajstić information content (AvgIpc) is 2.98. The first kappa shape index (κ1) is 19.8. The summed E-state index contributed by atoms with van der Waals surface area (Å²) in [6.45, 7) is 2.05. The highest BCUT2D eigenvalue weighted by Gasteiger charge is 2.31. The van der Waals surface area contributed by atoms with Crippen molar-refractivity contribution in [2.24, 2.45) is 0 Å². The van der Waals surface area contributed by atoms with E-state index in [1.807, 2.05) is 6.92 Å². The lowest BCUT2D eigenvalue weighted by Gasteiger charge is -2.10. The summed E-state index contributed by atoms with van der Waals surface area (Å²) in [5.74, 6) is -0.871. The van der Waals surface area contributed by atoms with Gasteiger partial charge in [0.2, 0.25) is 5.95 Å². The van der Waals surface area contributed by atoms with Gasteiger partial charge < -0.3 is 14.4 Å². The van der Waals surface area contributed by atoms with Crippen molar-refractivity contribution in [3.8, 4) is 22.8 Å². The Morgan fingerprint density at radius 3 is 2.50 bits per heavy atom. The number of pyridine rings is 1. The van der Waals surface area contributed by atoms with E-state index in [2.05, 4.69) is 9.72 Å².